The Morgan fingerprint density at radius 2 is 2.14 bits per heavy atom. The van der Waals surface area contributed by atoms with Crippen LogP contribution in [0, 0.1) is 11.8 Å². The summed E-state index contributed by atoms with van der Waals surface area (Å²) in [6.07, 6.45) is 9.06. The van der Waals surface area contributed by atoms with Gasteiger partial charge in [0.25, 0.3) is 0 Å². The Balaban J connectivity index is 4.30. The van der Waals surface area contributed by atoms with Crippen LogP contribution in [0.3, 0.4) is 0 Å². The van der Waals surface area contributed by atoms with Crippen LogP contribution in [0.25, 0.3) is 0 Å². The molecular formula is C13H19N. The zero-order chi connectivity index (χ0) is 10.8. The van der Waals surface area contributed by atoms with E-state index in [1.165, 1.54) is 5.70 Å². The van der Waals surface area contributed by atoms with Gasteiger partial charge < -0.3 is 5.32 Å². The number of rotatable bonds is 4. The number of nitrogens with one attached hydrogen (secondary N) is 1. The lowest BCUT2D eigenvalue weighted by Gasteiger charge is -2.05. The van der Waals surface area contributed by atoms with Crippen molar-refractivity contribution in [3.05, 3.63) is 35.7 Å². The van der Waals surface area contributed by atoms with Crippen LogP contribution in [0.1, 0.15) is 34.1 Å². The molecule has 0 aliphatic rings. The van der Waals surface area contributed by atoms with Crippen molar-refractivity contribution in [3.63, 3.8) is 0 Å². The third-order valence-electron chi connectivity index (χ3n) is 1.65. The van der Waals surface area contributed by atoms with E-state index in [0.29, 0.717) is 0 Å². The van der Waals surface area contributed by atoms with Crippen molar-refractivity contribution in [1.29, 1.82) is 0 Å². The summed E-state index contributed by atoms with van der Waals surface area (Å²) in [6, 6.07) is 0. The number of allylic oxidation sites excluding steroid dienone is 5. The highest BCUT2D eigenvalue weighted by atomic mass is 14.9. The first kappa shape index (κ1) is 12.6. The summed E-state index contributed by atoms with van der Waals surface area (Å²) in [4.78, 5) is 0. The summed E-state index contributed by atoms with van der Waals surface area (Å²) in [6.45, 7) is 8.02. The highest BCUT2D eigenvalue weighted by Gasteiger charge is 1.89. The molecule has 0 atom stereocenters. The minimum absolute atomic E-state index is 1.05. The van der Waals surface area contributed by atoms with Gasteiger partial charge in [0.2, 0.25) is 0 Å². The highest BCUT2D eigenvalue weighted by Crippen LogP contribution is 1.98. The topological polar surface area (TPSA) is 12.0 Å². The van der Waals surface area contributed by atoms with E-state index in [-0.39, 0.29) is 0 Å². The van der Waals surface area contributed by atoms with Gasteiger partial charge >= 0.3 is 0 Å². The van der Waals surface area contributed by atoms with Gasteiger partial charge in [0.05, 0.1) is 0 Å². The number of hydrogen-bond donors (Lipinski definition) is 1. The van der Waals surface area contributed by atoms with E-state index >= 15 is 0 Å². The zero-order valence-corrected chi connectivity index (χ0v) is 9.52. The summed E-state index contributed by atoms with van der Waals surface area (Å²) in [5.41, 5.74) is 2.25. The molecule has 1 heteroatoms. The van der Waals surface area contributed by atoms with Gasteiger partial charge in [-0.15, -0.1) is 5.92 Å². The second kappa shape index (κ2) is 8.19. The minimum Gasteiger partial charge on any atom is -0.360 e. The molecule has 0 aliphatic heterocycles. The van der Waals surface area contributed by atoms with Crippen molar-refractivity contribution in [2.75, 3.05) is 0 Å². The average molecular weight is 189 g/mol. The molecular weight excluding hydrogens is 170 g/mol. The lowest BCUT2D eigenvalue weighted by Crippen LogP contribution is -2.08. The summed E-state index contributed by atoms with van der Waals surface area (Å²) in [7, 11) is 0. The van der Waals surface area contributed by atoms with Crippen molar-refractivity contribution in [1.82, 2.24) is 5.32 Å². The van der Waals surface area contributed by atoms with E-state index in [4.69, 9.17) is 0 Å². The Morgan fingerprint density at radius 1 is 1.43 bits per heavy atom. The maximum atomic E-state index is 3.29. The summed E-state index contributed by atoms with van der Waals surface area (Å²) in [5, 5.41) is 3.29. The normalized spacial score (nSPS) is 12.6. The van der Waals surface area contributed by atoms with Crippen molar-refractivity contribution in [2.45, 2.75) is 34.1 Å². The quantitative estimate of drug-likeness (QED) is 0.528. The molecule has 1 nitrogen and oxygen atoms in total. The van der Waals surface area contributed by atoms with Gasteiger partial charge in [0.15, 0.2) is 0 Å². The molecule has 0 saturated heterocycles. The molecule has 0 aromatic rings. The smallest absolute Gasteiger partial charge is 0.0344 e. The molecule has 0 saturated carbocycles. The molecule has 0 aliphatic carbocycles. The Morgan fingerprint density at radius 3 is 2.64 bits per heavy atom. The monoisotopic (exact) mass is 189 g/mol. The minimum atomic E-state index is 1.05. The van der Waals surface area contributed by atoms with Crippen LogP contribution in [0.15, 0.2) is 35.7 Å². The standard InChI is InChI=1S/C13H19N/c1-5-8-9-11-13(7-3)14-12(4)10-6-2/h7,9-11,14H,6H2,1-4H3/b11-9-,12-10+,13-7+. The molecule has 0 aromatic heterocycles. The zero-order valence-electron chi connectivity index (χ0n) is 9.52. The predicted molar refractivity (Wildman–Crippen MR) is 63.5 cm³/mol. The fourth-order valence-corrected chi connectivity index (χ4v) is 1.01. The van der Waals surface area contributed by atoms with Crippen molar-refractivity contribution >= 4 is 0 Å². The first-order valence-electron chi connectivity index (χ1n) is 4.93. The van der Waals surface area contributed by atoms with E-state index in [1.54, 1.807) is 0 Å². The third kappa shape index (κ3) is 6.14. The molecule has 0 bridgehead atoms. The molecule has 0 rings (SSSR count). The van der Waals surface area contributed by atoms with Crippen molar-refractivity contribution in [3.8, 4) is 11.8 Å². The van der Waals surface area contributed by atoms with Gasteiger partial charge in [-0.2, -0.15) is 0 Å². The molecule has 0 aromatic carbocycles. The molecule has 0 fully saturated rings. The maximum Gasteiger partial charge on any atom is 0.0344 e. The summed E-state index contributed by atoms with van der Waals surface area (Å²) >= 11 is 0. The van der Waals surface area contributed by atoms with Crippen molar-refractivity contribution < 1.29 is 0 Å². The van der Waals surface area contributed by atoms with Crippen LogP contribution in [-0.2, 0) is 0 Å². The second-order valence-corrected chi connectivity index (χ2v) is 2.89. The van der Waals surface area contributed by atoms with Gasteiger partial charge in [-0.05, 0) is 39.3 Å². The first-order valence-corrected chi connectivity index (χ1v) is 4.93. The second-order valence-electron chi connectivity index (χ2n) is 2.89. The van der Waals surface area contributed by atoms with E-state index in [2.05, 4.69) is 37.1 Å². The van der Waals surface area contributed by atoms with Crippen LogP contribution in [0.5, 0.6) is 0 Å². The van der Waals surface area contributed by atoms with Gasteiger partial charge in [0.1, 0.15) is 0 Å². The number of hydrogen-bond acceptors (Lipinski definition) is 1. The van der Waals surface area contributed by atoms with Crippen molar-refractivity contribution in [2.24, 2.45) is 0 Å². The lowest BCUT2D eigenvalue weighted by atomic mass is 10.3. The van der Waals surface area contributed by atoms with Crippen LogP contribution >= 0.6 is 0 Å². The molecule has 0 amide bonds. The third-order valence-corrected chi connectivity index (χ3v) is 1.65. The van der Waals surface area contributed by atoms with Crippen LogP contribution < -0.4 is 5.32 Å². The molecule has 0 unspecified atom stereocenters. The largest absolute Gasteiger partial charge is 0.360 e. The molecule has 1 N–H and O–H groups in total. The van der Waals surface area contributed by atoms with Gasteiger partial charge in [-0.1, -0.05) is 25.0 Å². The highest BCUT2D eigenvalue weighted by molar-refractivity contribution is 5.26. The van der Waals surface area contributed by atoms with Gasteiger partial charge in [-0.3, -0.25) is 0 Å². The average Bonchev–Trinajstić information content (AvgIpc) is 2.17. The van der Waals surface area contributed by atoms with Gasteiger partial charge in [0, 0.05) is 11.4 Å². The summed E-state index contributed by atoms with van der Waals surface area (Å²) < 4.78 is 0. The molecule has 0 radical (unpaired) electrons. The van der Waals surface area contributed by atoms with Crippen LogP contribution in [-0.4, -0.2) is 0 Å². The fraction of sp³-hybridized carbons (Fsp3) is 0.385. The lowest BCUT2D eigenvalue weighted by molar-refractivity contribution is 0.975. The van der Waals surface area contributed by atoms with Gasteiger partial charge in [-0.25, -0.2) is 0 Å². The Hall–Kier alpha value is -1.42. The molecule has 14 heavy (non-hydrogen) atoms. The summed E-state index contributed by atoms with van der Waals surface area (Å²) in [5.74, 6) is 5.71. The van der Waals surface area contributed by atoms with Crippen LogP contribution in [0.2, 0.25) is 0 Å². The fourth-order valence-electron chi connectivity index (χ4n) is 1.01. The van der Waals surface area contributed by atoms with E-state index in [0.717, 1.165) is 12.1 Å². The van der Waals surface area contributed by atoms with E-state index < -0.39 is 0 Å². The Labute approximate surface area is 87.6 Å². The Bertz CT molecular complexity index is 295. The van der Waals surface area contributed by atoms with E-state index in [1.807, 2.05) is 32.1 Å². The van der Waals surface area contributed by atoms with E-state index in [9.17, 15) is 0 Å². The maximum absolute atomic E-state index is 3.29. The first-order chi connectivity index (χ1) is 6.74. The van der Waals surface area contributed by atoms with Crippen LogP contribution in [0.4, 0.5) is 0 Å². The predicted octanol–water partition coefficient (Wildman–Crippen LogP) is 3.37. The molecule has 76 valence electrons. The molecule has 0 heterocycles. The SMILES string of the molecule is CC#C/C=C\C(=C/C)N/C(C)=C/CC. The molecule has 0 spiro atoms. The Kier molecular flexibility index (Phi) is 7.36.